The average molecular weight is 439 g/mol. The van der Waals surface area contributed by atoms with Crippen molar-refractivity contribution in [2.24, 2.45) is 0 Å². The number of aromatic nitrogens is 7. The summed E-state index contributed by atoms with van der Waals surface area (Å²) < 4.78 is 7.95. The lowest BCUT2D eigenvalue weighted by atomic mass is 10.0. The van der Waals surface area contributed by atoms with Gasteiger partial charge in [0.2, 0.25) is 0 Å². The van der Waals surface area contributed by atoms with Crippen LogP contribution in [0.15, 0.2) is 104 Å². The van der Waals surface area contributed by atoms with Crippen molar-refractivity contribution < 1.29 is 0 Å². The summed E-state index contributed by atoms with van der Waals surface area (Å²) in [6, 6.07) is 29.7. The van der Waals surface area contributed by atoms with Crippen molar-refractivity contribution >= 4 is 38.7 Å². The highest BCUT2D eigenvalue weighted by atomic mass is 15.4. The third-order valence-electron chi connectivity index (χ3n) is 6.63. The minimum Gasteiger partial charge on any atom is -0.304 e. The Morgan fingerprint density at radius 2 is 1.24 bits per heavy atom. The minimum absolute atomic E-state index is 0.890. The molecule has 0 spiro atoms. The largest absolute Gasteiger partial charge is 0.304 e. The summed E-state index contributed by atoms with van der Waals surface area (Å²) >= 11 is 0. The smallest absolute Gasteiger partial charge is 0.185 e. The number of rotatable bonds is 2. The van der Waals surface area contributed by atoms with E-state index in [9.17, 15) is 0 Å². The van der Waals surface area contributed by atoms with Crippen LogP contribution in [0.3, 0.4) is 0 Å². The first-order valence-corrected chi connectivity index (χ1v) is 11.1. The molecule has 7 nitrogen and oxygen atoms in total. The van der Waals surface area contributed by atoms with Crippen molar-refractivity contribution in [1.82, 2.24) is 33.4 Å². The van der Waals surface area contributed by atoms with Gasteiger partial charge in [0.1, 0.15) is 5.69 Å². The summed E-state index contributed by atoms with van der Waals surface area (Å²) in [6.45, 7) is 0. The topological polar surface area (TPSA) is 56.8 Å². The predicted molar refractivity (Wildman–Crippen MR) is 132 cm³/mol. The molecule has 0 aliphatic heterocycles. The van der Waals surface area contributed by atoms with Gasteiger partial charge >= 0.3 is 0 Å². The molecule has 8 rings (SSSR count). The fourth-order valence-corrected chi connectivity index (χ4v) is 5.15. The van der Waals surface area contributed by atoms with Crippen LogP contribution < -0.4 is 0 Å². The maximum absolute atomic E-state index is 4.76. The highest BCUT2D eigenvalue weighted by Crippen LogP contribution is 2.36. The Morgan fingerprint density at radius 1 is 0.529 bits per heavy atom. The monoisotopic (exact) mass is 439 g/mol. The number of para-hydroxylation sites is 1. The predicted octanol–water partition coefficient (Wildman–Crippen LogP) is 5.39. The van der Waals surface area contributed by atoms with Crippen LogP contribution in [0.5, 0.6) is 0 Å². The summed E-state index contributed by atoms with van der Waals surface area (Å²) in [5.74, 6) is 0. The molecule has 0 unspecified atom stereocenters. The lowest BCUT2D eigenvalue weighted by molar-refractivity contribution is 0.827. The van der Waals surface area contributed by atoms with Crippen molar-refractivity contribution in [2.75, 3.05) is 0 Å². The molecule has 160 valence electrons. The van der Waals surface area contributed by atoms with Crippen LogP contribution in [0, 0.1) is 0 Å². The lowest BCUT2D eigenvalue weighted by Gasteiger charge is -2.09. The zero-order valence-electron chi connectivity index (χ0n) is 17.9. The van der Waals surface area contributed by atoms with Gasteiger partial charge in [0.15, 0.2) is 16.9 Å². The number of fused-ring (bicyclic) bond motifs is 9. The van der Waals surface area contributed by atoms with E-state index in [2.05, 4.69) is 81.5 Å². The molecular formula is C27H17N7. The molecule has 8 aromatic rings. The van der Waals surface area contributed by atoms with E-state index in [1.165, 1.54) is 21.9 Å². The van der Waals surface area contributed by atoms with Gasteiger partial charge in [0.05, 0.1) is 29.6 Å². The fourth-order valence-electron chi connectivity index (χ4n) is 5.15. The molecule has 0 saturated heterocycles. The highest BCUT2D eigenvalue weighted by Gasteiger charge is 2.20. The quantitative estimate of drug-likeness (QED) is 0.363. The minimum atomic E-state index is 0.890. The number of hydrogen-bond donors (Lipinski definition) is 0. The van der Waals surface area contributed by atoms with E-state index in [1.807, 2.05) is 37.9 Å². The van der Waals surface area contributed by atoms with Gasteiger partial charge in [-0.15, -0.1) is 0 Å². The summed E-state index contributed by atoms with van der Waals surface area (Å²) in [5, 5.41) is 16.3. The van der Waals surface area contributed by atoms with Crippen LogP contribution in [-0.4, -0.2) is 33.4 Å². The zero-order chi connectivity index (χ0) is 22.2. The Balaban J connectivity index is 1.52. The highest BCUT2D eigenvalue weighted by molar-refractivity contribution is 6.10. The molecule has 0 saturated carbocycles. The molecule has 0 fully saturated rings. The molecule has 0 atom stereocenters. The molecule has 5 aromatic heterocycles. The Labute approximate surface area is 192 Å². The third-order valence-corrected chi connectivity index (χ3v) is 6.63. The first-order chi connectivity index (χ1) is 16.9. The van der Waals surface area contributed by atoms with E-state index in [4.69, 9.17) is 5.10 Å². The second-order valence-electron chi connectivity index (χ2n) is 8.42. The van der Waals surface area contributed by atoms with Gasteiger partial charge in [-0.3, -0.25) is 0 Å². The Hall–Kier alpha value is -4.91. The molecule has 0 aliphatic carbocycles. The van der Waals surface area contributed by atoms with Crippen LogP contribution in [0.25, 0.3) is 55.6 Å². The summed E-state index contributed by atoms with van der Waals surface area (Å²) in [4.78, 5) is 0. The Bertz CT molecular complexity index is 1990. The number of hydrogen-bond acceptors (Lipinski definition) is 3. The second-order valence-corrected chi connectivity index (χ2v) is 8.42. The van der Waals surface area contributed by atoms with E-state index in [0.717, 1.165) is 33.7 Å². The molecule has 3 aromatic carbocycles. The molecule has 0 aliphatic rings. The average Bonchev–Trinajstić information content (AvgIpc) is 3.67. The van der Waals surface area contributed by atoms with Gasteiger partial charge in [0, 0.05) is 22.9 Å². The summed E-state index contributed by atoms with van der Waals surface area (Å²) in [5.41, 5.74) is 8.31. The van der Waals surface area contributed by atoms with Crippen LogP contribution in [0.1, 0.15) is 0 Å². The first kappa shape index (κ1) is 17.6. The van der Waals surface area contributed by atoms with Crippen molar-refractivity contribution in [2.45, 2.75) is 0 Å². The van der Waals surface area contributed by atoms with Crippen molar-refractivity contribution in [1.29, 1.82) is 0 Å². The van der Waals surface area contributed by atoms with Gasteiger partial charge < -0.3 is 4.57 Å². The maximum Gasteiger partial charge on any atom is 0.185 e. The molecule has 7 heteroatoms. The molecule has 0 bridgehead atoms. The fraction of sp³-hybridized carbons (Fsp3) is 0. The molecule has 5 heterocycles. The van der Waals surface area contributed by atoms with Crippen molar-refractivity contribution in [3.8, 4) is 16.8 Å². The zero-order valence-corrected chi connectivity index (χ0v) is 17.9. The summed E-state index contributed by atoms with van der Waals surface area (Å²) in [7, 11) is 0. The third kappa shape index (κ3) is 2.17. The van der Waals surface area contributed by atoms with Crippen LogP contribution in [0.4, 0.5) is 0 Å². The van der Waals surface area contributed by atoms with Crippen molar-refractivity contribution in [3.63, 3.8) is 0 Å². The number of benzene rings is 3. The molecular weight excluding hydrogens is 422 g/mol. The second kappa shape index (κ2) is 6.32. The number of nitrogens with zero attached hydrogens (tertiary/aromatic N) is 7. The van der Waals surface area contributed by atoms with Gasteiger partial charge in [-0.25, -0.2) is 0 Å². The van der Waals surface area contributed by atoms with E-state index in [0.29, 0.717) is 0 Å². The SMILES string of the molecule is c1ccc(-c2ccc3c(c2)c2ccccc2n3-c2cnn3c4ccnn4c4ccnn4c23)cc1. The first-order valence-electron chi connectivity index (χ1n) is 11.1. The Morgan fingerprint density at radius 3 is 2.09 bits per heavy atom. The van der Waals surface area contributed by atoms with E-state index < -0.39 is 0 Å². The van der Waals surface area contributed by atoms with Gasteiger partial charge in [-0.05, 0) is 29.3 Å². The van der Waals surface area contributed by atoms with Crippen LogP contribution >= 0.6 is 0 Å². The van der Waals surface area contributed by atoms with E-state index in [-0.39, 0.29) is 0 Å². The van der Waals surface area contributed by atoms with Crippen LogP contribution in [-0.2, 0) is 0 Å². The molecule has 0 N–H and O–H groups in total. The maximum atomic E-state index is 4.76. The van der Waals surface area contributed by atoms with Crippen molar-refractivity contribution in [3.05, 3.63) is 104 Å². The molecule has 34 heavy (non-hydrogen) atoms. The van der Waals surface area contributed by atoms with Gasteiger partial charge in [-0.1, -0.05) is 54.6 Å². The normalized spacial score (nSPS) is 12.1. The van der Waals surface area contributed by atoms with Crippen LogP contribution in [0.2, 0.25) is 0 Å². The van der Waals surface area contributed by atoms with E-state index >= 15 is 0 Å². The molecule has 0 radical (unpaired) electrons. The summed E-state index contributed by atoms with van der Waals surface area (Å²) in [6.07, 6.45) is 5.50. The van der Waals surface area contributed by atoms with Gasteiger partial charge in [-0.2, -0.15) is 28.8 Å². The van der Waals surface area contributed by atoms with Gasteiger partial charge in [0.25, 0.3) is 0 Å². The Kier molecular flexibility index (Phi) is 3.28. The van der Waals surface area contributed by atoms with E-state index in [1.54, 1.807) is 12.4 Å². The standard InChI is InChI=1S/C27H17N7/c1-2-6-18(7-3-1)19-10-11-23-21(16-19)20-8-4-5-9-22(20)31(23)24-17-30-34-26-12-14-28-32(26)25-13-15-29-33(25)27(24)34/h1-17H. The molecule has 0 amide bonds. The lowest BCUT2D eigenvalue weighted by Crippen LogP contribution is -2.06.